The highest BCUT2D eigenvalue weighted by molar-refractivity contribution is 7.71. The van der Waals surface area contributed by atoms with E-state index in [1.54, 1.807) is 10.6 Å². The zero-order chi connectivity index (χ0) is 16.8. The van der Waals surface area contributed by atoms with Gasteiger partial charge in [-0.1, -0.05) is 19.3 Å². The molecule has 1 saturated carbocycles. The second-order valence-electron chi connectivity index (χ2n) is 6.14. The first-order valence-electron chi connectivity index (χ1n) is 7.92. The highest BCUT2D eigenvalue weighted by Gasteiger charge is 2.21. The van der Waals surface area contributed by atoms with Crippen LogP contribution >= 0.6 is 23.6 Å². The summed E-state index contributed by atoms with van der Waals surface area (Å²) < 4.78 is 3.55. The molecule has 3 aromatic rings. The Labute approximate surface area is 145 Å². The number of non-ortho nitro benzene ring substituents is 1. The number of thiophene rings is 1. The van der Waals surface area contributed by atoms with Gasteiger partial charge < -0.3 is 4.98 Å². The minimum atomic E-state index is -0.430. The van der Waals surface area contributed by atoms with Crippen LogP contribution in [0.25, 0.3) is 20.3 Å². The second-order valence-corrected chi connectivity index (χ2v) is 7.58. The van der Waals surface area contributed by atoms with Gasteiger partial charge in [0.2, 0.25) is 0 Å². The van der Waals surface area contributed by atoms with Crippen LogP contribution in [0.3, 0.4) is 0 Å². The number of rotatable bonds is 2. The molecule has 1 N–H and O–H groups in total. The standard InChI is InChI=1S/C16H15N3O3S2/c20-15-14-13(11-8-10(19(21)22)6-7-12(11)24-14)17-16(23)18(15)9-4-2-1-3-5-9/h6-9H,1-5H2,(H,17,23). The normalized spacial score (nSPS) is 16.0. The summed E-state index contributed by atoms with van der Waals surface area (Å²) >= 11 is 6.80. The summed E-state index contributed by atoms with van der Waals surface area (Å²) in [4.78, 5) is 26.7. The van der Waals surface area contributed by atoms with Crippen LogP contribution in [-0.4, -0.2) is 14.5 Å². The van der Waals surface area contributed by atoms with E-state index in [2.05, 4.69) is 4.98 Å². The number of nitro benzene ring substituents is 1. The third-order valence-electron chi connectivity index (χ3n) is 4.69. The number of nitro groups is 1. The van der Waals surface area contributed by atoms with Gasteiger partial charge in [0.05, 0.1) is 10.4 Å². The Morgan fingerprint density at radius 1 is 1.29 bits per heavy atom. The molecule has 0 bridgehead atoms. The Kier molecular flexibility index (Phi) is 3.73. The van der Waals surface area contributed by atoms with E-state index < -0.39 is 4.92 Å². The molecule has 0 atom stereocenters. The second kappa shape index (κ2) is 5.78. The summed E-state index contributed by atoms with van der Waals surface area (Å²) in [5.74, 6) is 0. The van der Waals surface area contributed by atoms with E-state index in [1.165, 1.54) is 29.9 Å². The molecule has 4 rings (SSSR count). The molecule has 6 nitrogen and oxygen atoms in total. The number of aromatic amines is 1. The van der Waals surface area contributed by atoms with Gasteiger partial charge in [-0.05, 0) is 31.1 Å². The fraction of sp³-hybridized carbons (Fsp3) is 0.375. The summed E-state index contributed by atoms with van der Waals surface area (Å²) in [5, 5.41) is 11.7. The fourth-order valence-corrected chi connectivity index (χ4v) is 4.92. The topological polar surface area (TPSA) is 80.9 Å². The molecule has 1 fully saturated rings. The van der Waals surface area contributed by atoms with Crippen LogP contribution < -0.4 is 5.56 Å². The van der Waals surface area contributed by atoms with Crippen molar-refractivity contribution >= 4 is 49.5 Å². The van der Waals surface area contributed by atoms with Crippen LogP contribution in [-0.2, 0) is 0 Å². The molecule has 2 heterocycles. The molecule has 0 spiro atoms. The molecule has 0 unspecified atom stereocenters. The van der Waals surface area contributed by atoms with E-state index >= 15 is 0 Å². The van der Waals surface area contributed by atoms with Gasteiger partial charge in [-0.15, -0.1) is 11.3 Å². The Morgan fingerprint density at radius 2 is 2.04 bits per heavy atom. The molecule has 8 heteroatoms. The monoisotopic (exact) mass is 361 g/mol. The summed E-state index contributed by atoms with van der Waals surface area (Å²) in [7, 11) is 0. The quantitative estimate of drug-likeness (QED) is 0.408. The lowest BCUT2D eigenvalue weighted by Crippen LogP contribution is -2.27. The fourth-order valence-electron chi connectivity index (χ4n) is 3.51. The third-order valence-corrected chi connectivity index (χ3v) is 6.14. The average Bonchev–Trinajstić information content (AvgIpc) is 2.94. The van der Waals surface area contributed by atoms with E-state index in [4.69, 9.17) is 12.2 Å². The van der Waals surface area contributed by atoms with Crippen LogP contribution in [0.2, 0.25) is 0 Å². The predicted molar refractivity (Wildman–Crippen MR) is 97.6 cm³/mol. The van der Waals surface area contributed by atoms with Crippen LogP contribution in [0.1, 0.15) is 38.1 Å². The number of benzene rings is 1. The van der Waals surface area contributed by atoms with Crippen molar-refractivity contribution in [2.75, 3.05) is 0 Å². The summed E-state index contributed by atoms with van der Waals surface area (Å²) in [6, 6.07) is 4.81. The Hall–Kier alpha value is -2.06. The van der Waals surface area contributed by atoms with E-state index in [1.807, 2.05) is 0 Å². The zero-order valence-corrected chi connectivity index (χ0v) is 14.4. The zero-order valence-electron chi connectivity index (χ0n) is 12.8. The SMILES string of the molecule is O=c1c2sc3ccc([N+](=O)[O-])cc3c2[nH]c(=S)n1C1CCCCC1. The molecule has 1 aliphatic carbocycles. The van der Waals surface area contributed by atoms with Crippen LogP contribution in [0.15, 0.2) is 23.0 Å². The first kappa shape index (κ1) is 15.5. The van der Waals surface area contributed by atoms with Gasteiger partial charge in [-0.25, -0.2) is 0 Å². The van der Waals surface area contributed by atoms with Crippen molar-refractivity contribution in [2.24, 2.45) is 0 Å². The van der Waals surface area contributed by atoms with Crippen LogP contribution in [0.5, 0.6) is 0 Å². The molecule has 2 aromatic heterocycles. The molecular formula is C16H15N3O3S2. The first-order valence-corrected chi connectivity index (χ1v) is 9.14. The van der Waals surface area contributed by atoms with Gasteiger partial charge in [0.25, 0.3) is 11.2 Å². The molecule has 0 radical (unpaired) electrons. The highest BCUT2D eigenvalue weighted by atomic mass is 32.1. The van der Waals surface area contributed by atoms with E-state index in [0.717, 1.165) is 30.4 Å². The Balaban J connectivity index is 1.99. The number of hydrogen-bond acceptors (Lipinski definition) is 5. The minimum Gasteiger partial charge on any atom is -0.330 e. The van der Waals surface area contributed by atoms with Gasteiger partial charge >= 0.3 is 0 Å². The third kappa shape index (κ3) is 2.37. The Bertz CT molecular complexity index is 1070. The van der Waals surface area contributed by atoms with Crippen molar-refractivity contribution in [3.8, 4) is 0 Å². The molecule has 124 valence electrons. The summed E-state index contributed by atoms with van der Waals surface area (Å²) in [6.07, 6.45) is 5.38. The van der Waals surface area contributed by atoms with Crippen LogP contribution in [0.4, 0.5) is 5.69 Å². The maximum absolute atomic E-state index is 13.0. The van der Waals surface area contributed by atoms with Gasteiger partial charge in [0.15, 0.2) is 4.77 Å². The van der Waals surface area contributed by atoms with Gasteiger partial charge in [0.1, 0.15) is 4.70 Å². The van der Waals surface area contributed by atoms with E-state index in [0.29, 0.717) is 20.4 Å². The molecular weight excluding hydrogens is 346 g/mol. The van der Waals surface area contributed by atoms with Crippen molar-refractivity contribution in [3.63, 3.8) is 0 Å². The molecule has 0 saturated heterocycles. The lowest BCUT2D eigenvalue weighted by Gasteiger charge is -2.23. The number of aromatic nitrogens is 2. The number of hydrogen-bond donors (Lipinski definition) is 1. The number of fused-ring (bicyclic) bond motifs is 3. The molecule has 0 amide bonds. The predicted octanol–water partition coefficient (Wildman–Crippen LogP) is 4.69. The van der Waals surface area contributed by atoms with Crippen molar-refractivity contribution in [3.05, 3.63) is 43.4 Å². The molecule has 1 aromatic carbocycles. The van der Waals surface area contributed by atoms with Gasteiger partial charge in [-0.2, -0.15) is 0 Å². The molecule has 24 heavy (non-hydrogen) atoms. The minimum absolute atomic E-state index is 0.0120. The molecule has 1 aliphatic rings. The van der Waals surface area contributed by atoms with Gasteiger partial charge in [0, 0.05) is 28.3 Å². The average molecular weight is 361 g/mol. The lowest BCUT2D eigenvalue weighted by atomic mass is 9.95. The largest absolute Gasteiger partial charge is 0.330 e. The van der Waals surface area contributed by atoms with Crippen molar-refractivity contribution in [1.29, 1.82) is 0 Å². The van der Waals surface area contributed by atoms with E-state index in [9.17, 15) is 14.9 Å². The van der Waals surface area contributed by atoms with E-state index in [-0.39, 0.29) is 17.3 Å². The summed E-state index contributed by atoms with van der Waals surface area (Å²) in [6.45, 7) is 0. The van der Waals surface area contributed by atoms with Crippen molar-refractivity contribution in [2.45, 2.75) is 38.1 Å². The maximum atomic E-state index is 13.0. The smallest absolute Gasteiger partial charge is 0.272 e. The lowest BCUT2D eigenvalue weighted by molar-refractivity contribution is -0.384. The van der Waals surface area contributed by atoms with Crippen molar-refractivity contribution < 1.29 is 4.92 Å². The number of H-pyrrole nitrogens is 1. The number of nitrogens with zero attached hydrogens (tertiary/aromatic N) is 2. The Morgan fingerprint density at radius 3 is 2.75 bits per heavy atom. The van der Waals surface area contributed by atoms with Gasteiger partial charge in [-0.3, -0.25) is 19.5 Å². The molecule has 0 aliphatic heterocycles. The summed E-state index contributed by atoms with van der Waals surface area (Å²) in [5.41, 5.74) is 0.545. The van der Waals surface area contributed by atoms with Crippen LogP contribution in [0, 0.1) is 14.9 Å². The number of nitrogens with one attached hydrogen (secondary N) is 1. The first-order chi connectivity index (χ1) is 11.6. The highest BCUT2D eigenvalue weighted by Crippen LogP contribution is 2.34. The maximum Gasteiger partial charge on any atom is 0.272 e. The van der Waals surface area contributed by atoms with Crippen molar-refractivity contribution in [1.82, 2.24) is 9.55 Å².